The van der Waals surface area contributed by atoms with Gasteiger partial charge in [-0.15, -0.1) is 11.6 Å². The number of Topliss-reactive ketones (excluding diaryl/α,β-unsaturated/α-hetero) is 1. The van der Waals surface area contributed by atoms with Crippen molar-refractivity contribution >= 4 is 35.4 Å². The van der Waals surface area contributed by atoms with Gasteiger partial charge in [-0.2, -0.15) is 5.10 Å². The first kappa shape index (κ1) is 31.9. The van der Waals surface area contributed by atoms with E-state index in [4.69, 9.17) is 26.2 Å². The number of fused-ring (bicyclic) bond motifs is 6. The highest BCUT2D eigenvalue weighted by molar-refractivity contribution is 6.21. The Balaban J connectivity index is 1.39. The lowest BCUT2D eigenvalue weighted by atomic mass is 9.45. The van der Waals surface area contributed by atoms with Crippen LogP contribution in [0.5, 0.6) is 0 Å². The van der Waals surface area contributed by atoms with E-state index in [2.05, 4.69) is 24.1 Å². The first-order chi connectivity index (χ1) is 21.3. The molecule has 0 amide bonds. The van der Waals surface area contributed by atoms with Gasteiger partial charge >= 0.3 is 11.9 Å². The van der Waals surface area contributed by atoms with Gasteiger partial charge in [0.05, 0.1) is 29.9 Å². The molecule has 0 bridgehead atoms. The molecule has 3 saturated carbocycles. The fourth-order valence-corrected chi connectivity index (χ4v) is 10.2. The number of hydrogen-bond acceptors (Lipinski definition) is 8. The summed E-state index contributed by atoms with van der Waals surface area (Å²) in [4.78, 5) is 43.5. The number of carbonyl (C=O) groups excluding carboxylic acids is 3. The molecule has 9 nitrogen and oxygen atoms in total. The summed E-state index contributed by atoms with van der Waals surface area (Å²) in [5.41, 5.74) is 2.44. The maximum atomic E-state index is 14.1. The molecule has 4 aliphatic carbocycles. The summed E-state index contributed by atoms with van der Waals surface area (Å²) >= 11 is 7.37. The molecule has 10 heteroatoms. The fourth-order valence-electron chi connectivity index (χ4n) is 9.75. The Morgan fingerprint density at radius 1 is 1.13 bits per heavy atom. The van der Waals surface area contributed by atoms with Crippen LogP contribution in [0.25, 0.3) is 11.8 Å². The molecular weight excluding hydrogens is 594 g/mol. The molecule has 1 N–H and O–H groups in total. The number of ether oxygens (including phenoxy) is 2. The van der Waals surface area contributed by atoms with Crippen molar-refractivity contribution < 1.29 is 29.0 Å². The second-order valence-corrected chi connectivity index (χ2v) is 14.8. The maximum absolute atomic E-state index is 14.1. The lowest BCUT2D eigenvalue weighted by molar-refractivity contribution is -0.207. The highest BCUT2D eigenvalue weighted by atomic mass is 35.5. The topological polar surface area (TPSA) is 121 Å². The van der Waals surface area contributed by atoms with Crippen LogP contribution in [0.4, 0.5) is 0 Å². The number of nitrogens with zero attached hydrogens (tertiary/aromatic N) is 3. The third kappa shape index (κ3) is 4.70. The molecule has 2 aromatic rings. The molecule has 3 fully saturated rings. The molecule has 0 radical (unpaired) electrons. The summed E-state index contributed by atoms with van der Waals surface area (Å²) in [5.74, 6) is -2.16. The van der Waals surface area contributed by atoms with Gasteiger partial charge < -0.3 is 14.6 Å². The first-order valence-corrected chi connectivity index (χ1v) is 16.7. The number of ketones is 1. The van der Waals surface area contributed by atoms with E-state index >= 15 is 0 Å². The summed E-state index contributed by atoms with van der Waals surface area (Å²) in [6.45, 7) is 11.0. The predicted octanol–water partition coefficient (Wildman–Crippen LogP) is 5.41. The molecule has 2 aromatic heterocycles. The van der Waals surface area contributed by atoms with Crippen molar-refractivity contribution in [2.75, 3.05) is 6.61 Å². The molecule has 0 aromatic carbocycles. The molecule has 0 saturated heterocycles. The van der Waals surface area contributed by atoms with Crippen LogP contribution in [0.15, 0.2) is 30.2 Å². The number of aliphatic hydroxyl groups excluding tert-OH is 1. The molecular formula is C35H44ClN3O6. The minimum atomic E-state index is -1.54. The zero-order valence-corrected chi connectivity index (χ0v) is 27.8. The van der Waals surface area contributed by atoms with Crippen molar-refractivity contribution in [1.29, 1.82) is 0 Å². The third-order valence-corrected chi connectivity index (χ3v) is 12.1. The number of carbonyl (C=O) groups is 3. The van der Waals surface area contributed by atoms with E-state index in [1.54, 1.807) is 13.8 Å². The van der Waals surface area contributed by atoms with Crippen LogP contribution < -0.4 is 0 Å². The van der Waals surface area contributed by atoms with Gasteiger partial charge in [0, 0.05) is 35.7 Å². The van der Waals surface area contributed by atoms with Crippen molar-refractivity contribution in [1.82, 2.24) is 14.8 Å². The van der Waals surface area contributed by atoms with Gasteiger partial charge in [0.15, 0.2) is 12.2 Å². The SMILES string of the molecule is CCC(=O)OCC(=O)C1(OC(=O)CC)[C@H](C)C[C@H]2[C@H]3[C@H]([C@@H](O)C[C@@]21C)[C@@]1(C)Cc2cnn(-c4cncc(C)c4)c2C=C1C[C@H]3Cl. The average molecular weight is 638 g/mol. The fraction of sp³-hybridized carbons (Fsp3) is 0.629. The number of pyridine rings is 1. The van der Waals surface area contributed by atoms with Crippen molar-refractivity contribution in [2.45, 2.75) is 97.1 Å². The Hall–Kier alpha value is -3.04. The number of rotatable bonds is 7. The van der Waals surface area contributed by atoms with Gasteiger partial charge in [0.25, 0.3) is 0 Å². The second-order valence-electron chi connectivity index (χ2n) is 14.2. The maximum Gasteiger partial charge on any atom is 0.306 e. The zero-order chi connectivity index (χ0) is 32.5. The lowest BCUT2D eigenvalue weighted by Gasteiger charge is -2.61. The summed E-state index contributed by atoms with van der Waals surface area (Å²) < 4.78 is 13.4. The van der Waals surface area contributed by atoms with Crippen LogP contribution in [0.1, 0.15) is 83.5 Å². The largest absolute Gasteiger partial charge is 0.457 e. The van der Waals surface area contributed by atoms with Gasteiger partial charge in [0.1, 0.15) is 0 Å². The van der Waals surface area contributed by atoms with Crippen molar-refractivity contribution in [2.24, 2.45) is 34.5 Å². The molecule has 45 heavy (non-hydrogen) atoms. The van der Waals surface area contributed by atoms with Gasteiger partial charge in [-0.1, -0.05) is 40.2 Å². The molecule has 9 atom stereocenters. The summed E-state index contributed by atoms with van der Waals surface area (Å²) in [7, 11) is 0. The monoisotopic (exact) mass is 637 g/mol. The summed E-state index contributed by atoms with van der Waals surface area (Å²) in [6, 6.07) is 2.06. The Morgan fingerprint density at radius 3 is 2.56 bits per heavy atom. The van der Waals surface area contributed by atoms with E-state index in [9.17, 15) is 19.5 Å². The van der Waals surface area contributed by atoms with Crippen LogP contribution in [-0.4, -0.2) is 61.3 Å². The lowest BCUT2D eigenvalue weighted by Crippen LogP contribution is -2.66. The summed E-state index contributed by atoms with van der Waals surface area (Å²) in [5, 5.41) is 16.6. The van der Waals surface area contributed by atoms with Gasteiger partial charge in [0.2, 0.25) is 5.78 Å². The number of allylic oxidation sites excluding steroid dienone is 1. The molecule has 4 aliphatic rings. The second kappa shape index (κ2) is 11.3. The molecule has 6 rings (SSSR count). The number of aliphatic hydroxyl groups is 1. The number of aromatic nitrogens is 3. The summed E-state index contributed by atoms with van der Waals surface area (Å²) in [6.07, 6.45) is 9.39. The minimum Gasteiger partial charge on any atom is -0.457 e. The first-order valence-electron chi connectivity index (χ1n) is 16.2. The molecule has 0 spiro atoms. The average Bonchev–Trinajstić information content (AvgIpc) is 3.49. The highest BCUT2D eigenvalue weighted by Crippen LogP contribution is 2.70. The number of hydrogen-bond donors (Lipinski definition) is 1. The van der Waals surface area contributed by atoms with Crippen molar-refractivity contribution in [3.8, 4) is 5.69 Å². The van der Waals surface area contributed by atoms with E-state index < -0.39 is 41.4 Å². The van der Waals surface area contributed by atoms with Crippen LogP contribution in [0.3, 0.4) is 0 Å². The number of esters is 2. The molecule has 2 heterocycles. The predicted molar refractivity (Wildman–Crippen MR) is 168 cm³/mol. The van der Waals surface area contributed by atoms with Crippen LogP contribution in [0, 0.1) is 41.4 Å². The normalized spacial score (nSPS) is 36.6. The molecule has 1 unspecified atom stereocenters. The third-order valence-electron chi connectivity index (χ3n) is 11.7. The Kier molecular flexibility index (Phi) is 8.04. The molecule has 0 aliphatic heterocycles. The Bertz CT molecular complexity index is 1570. The Labute approximate surface area is 269 Å². The van der Waals surface area contributed by atoms with E-state index in [0.29, 0.717) is 19.3 Å². The van der Waals surface area contributed by atoms with E-state index in [1.807, 2.05) is 44.0 Å². The van der Waals surface area contributed by atoms with Crippen LogP contribution in [0.2, 0.25) is 0 Å². The van der Waals surface area contributed by atoms with Gasteiger partial charge in [-0.25, -0.2) is 4.68 Å². The number of alkyl halides is 1. The van der Waals surface area contributed by atoms with Gasteiger partial charge in [-0.3, -0.25) is 19.4 Å². The van der Waals surface area contributed by atoms with E-state index in [0.717, 1.165) is 22.5 Å². The van der Waals surface area contributed by atoms with Gasteiger partial charge in [-0.05, 0) is 79.0 Å². The standard InChI is InChI=1S/C35H44ClN3O6/c1-7-29(42)44-18-28(41)35(45-30(43)8-2)20(4)10-24-31-25(36)11-22-12-26-21(16-38-39(26)23-9-19(3)15-37-17-23)13-33(22,5)32(31)27(40)14-34(24,35)6/h9,12,15-17,20,24-25,27,31-32,40H,7-8,10-11,13-14,18H2,1-6H3/t20-,24+,25-,27+,31-,32+,33+,34+,35?/m1/s1. The van der Waals surface area contributed by atoms with E-state index in [-0.39, 0.29) is 53.7 Å². The smallest absolute Gasteiger partial charge is 0.306 e. The molecule has 242 valence electrons. The highest BCUT2D eigenvalue weighted by Gasteiger charge is 2.74. The van der Waals surface area contributed by atoms with E-state index in [1.165, 1.54) is 5.57 Å². The Morgan fingerprint density at radius 2 is 1.87 bits per heavy atom. The van der Waals surface area contributed by atoms with Crippen molar-refractivity contribution in [3.05, 3.63) is 47.1 Å². The minimum absolute atomic E-state index is 0.0975. The van der Waals surface area contributed by atoms with Crippen LogP contribution >= 0.6 is 11.6 Å². The van der Waals surface area contributed by atoms with Crippen LogP contribution in [-0.2, 0) is 30.3 Å². The zero-order valence-electron chi connectivity index (χ0n) is 27.0. The number of halogens is 1. The quantitative estimate of drug-likeness (QED) is 0.316. The van der Waals surface area contributed by atoms with Crippen molar-refractivity contribution in [3.63, 3.8) is 0 Å². The number of aryl methyl sites for hydroxylation is 1.